The normalized spacial score (nSPS) is 13.2. The van der Waals surface area contributed by atoms with Gasteiger partial charge in [-0.25, -0.2) is 0 Å². The van der Waals surface area contributed by atoms with Crippen LogP contribution in [0.5, 0.6) is 0 Å². The van der Waals surface area contributed by atoms with Gasteiger partial charge in [-0.3, -0.25) is 0 Å². The molecule has 0 heterocycles. The van der Waals surface area contributed by atoms with Gasteiger partial charge in [-0.15, -0.1) is 0 Å². The van der Waals surface area contributed by atoms with Gasteiger partial charge in [-0.1, -0.05) is 49.3 Å². The minimum absolute atomic E-state index is 1.11. The summed E-state index contributed by atoms with van der Waals surface area (Å²) in [6, 6.07) is 9.28. The summed E-state index contributed by atoms with van der Waals surface area (Å²) in [5.74, 6) is 0. The fourth-order valence-corrected chi connectivity index (χ4v) is 3.80. The molecule has 0 amide bonds. The Morgan fingerprint density at radius 2 is 1.57 bits per heavy atom. The molecule has 0 spiro atoms. The Bertz CT molecular complexity index is 758. The maximum Gasteiger partial charge on any atom is -0.00576 e. The number of hydrogen-bond acceptors (Lipinski definition) is 0. The zero-order valence-electron chi connectivity index (χ0n) is 15.2. The van der Waals surface area contributed by atoms with E-state index >= 15 is 0 Å². The maximum absolute atomic E-state index is 2.40. The van der Waals surface area contributed by atoms with Crippen LogP contribution >= 0.6 is 0 Å². The Labute approximate surface area is 141 Å². The fraction of sp³-hybridized carbons (Fsp3) is 0.391. The Hall–Kier alpha value is -1.82. The van der Waals surface area contributed by atoms with E-state index in [4.69, 9.17) is 0 Å². The first-order valence-electron chi connectivity index (χ1n) is 8.92. The van der Waals surface area contributed by atoms with Crippen LogP contribution in [-0.2, 0) is 12.8 Å². The highest BCUT2D eigenvalue weighted by atomic mass is 14.3. The first-order valence-corrected chi connectivity index (χ1v) is 8.92. The average molecular weight is 304 g/mol. The summed E-state index contributed by atoms with van der Waals surface area (Å²) < 4.78 is 0. The molecule has 23 heavy (non-hydrogen) atoms. The minimum atomic E-state index is 1.11. The molecule has 0 radical (unpaired) electrons. The molecule has 3 rings (SSSR count). The number of allylic oxidation sites excluding steroid dienone is 1. The van der Waals surface area contributed by atoms with E-state index in [0.717, 1.165) is 6.42 Å². The van der Waals surface area contributed by atoms with Gasteiger partial charge in [0.15, 0.2) is 0 Å². The number of aryl methyl sites for hydroxylation is 1. The summed E-state index contributed by atoms with van der Waals surface area (Å²) >= 11 is 0. The summed E-state index contributed by atoms with van der Waals surface area (Å²) in [5, 5.41) is 0. The summed E-state index contributed by atoms with van der Waals surface area (Å²) in [6.45, 7) is 11.3. The Morgan fingerprint density at radius 3 is 2.22 bits per heavy atom. The summed E-state index contributed by atoms with van der Waals surface area (Å²) in [5.41, 5.74) is 13.1. The molecule has 0 bridgehead atoms. The second-order valence-electron chi connectivity index (χ2n) is 7.11. The maximum atomic E-state index is 2.40. The molecule has 2 aromatic rings. The van der Waals surface area contributed by atoms with Gasteiger partial charge in [0.1, 0.15) is 0 Å². The van der Waals surface area contributed by atoms with Crippen LogP contribution in [0.15, 0.2) is 29.8 Å². The monoisotopic (exact) mass is 304 g/mol. The van der Waals surface area contributed by atoms with E-state index < -0.39 is 0 Å². The van der Waals surface area contributed by atoms with Crippen molar-refractivity contribution < 1.29 is 0 Å². The molecule has 0 aromatic heterocycles. The Morgan fingerprint density at radius 1 is 0.870 bits per heavy atom. The number of benzene rings is 2. The predicted molar refractivity (Wildman–Crippen MR) is 102 cm³/mol. The van der Waals surface area contributed by atoms with Crippen molar-refractivity contribution >= 4 is 6.08 Å². The molecule has 0 aliphatic heterocycles. The number of rotatable bonds is 4. The van der Waals surface area contributed by atoms with Gasteiger partial charge >= 0.3 is 0 Å². The molecule has 1 aliphatic carbocycles. The van der Waals surface area contributed by atoms with E-state index in [1.54, 1.807) is 0 Å². The molecule has 0 atom stereocenters. The highest BCUT2D eigenvalue weighted by Crippen LogP contribution is 2.40. The third kappa shape index (κ3) is 2.87. The van der Waals surface area contributed by atoms with Crippen LogP contribution in [-0.4, -0.2) is 0 Å². The molecule has 0 saturated heterocycles. The van der Waals surface area contributed by atoms with E-state index in [0.29, 0.717) is 0 Å². The summed E-state index contributed by atoms with van der Waals surface area (Å²) in [6.07, 6.45) is 7.24. The van der Waals surface area contributed by atoms with Crippen LogP contribution in [0.25, 0.3) is 17.2 Å². The van der Waals surface area contributed by atoms with Gasteiger partial charge in [-0.2, -0.15) is 0 Å². The SMILES string of the molecule is CCCCc1ccc(-c2c(C)c(C)c(C)c3c2C=C(C)C3)cc1. The van der Waals surface area contributed by atoms with Crippen molar-refractivity contribution in [3.63, 3.8) is 0 Å². The van der Waals surface area contributed by atoms with Gasteiger partial charge in [-0.05, 0) is 91.5 Å². The van der Waals surface area contributed by atoms with Gasteiger partial charge in [0.05, 0.1) is 0 Å². The largest absolute Gasteiger partial charge is 0.0683 e. The van der Waals surface area contributed by atoms with Crippen molar-refractivity contribution in [2.45, 2.75) is 60.3 Å². The van der Waals surface area contributed by atoms with Gasteiger partial charge in [0.25, 0.3) is 0 Å². The van der Waals surface area contributed by atoms with Crippen LogP contribution in [0.1, 0.15) is 60.1 Å². The lowest BCUT2D eigenvalue weighted by Gasteiger charge is -2.18. The standard InChI is InChI=1S/C23H28/c1-6-7-8-19-9-11-20(12-10-19)23-18(5)16(3)17(4)21-13-15(2)14-22(21)23/h9-12,14H,6-8,13H2,1-5H3. The quantitative estimate of drug-likeness (QED) is 0.598. The molecule has 0 fully saturated rings. The zero-order valence-corrected chi connectivity index (χ0v) is 15.2. The number of unbranched alkanes of at least 4 members (excludes halogenated alkanes) is 1. The van der Waals surface area contributed by atoms with Crippen molar-refractivity contribution in [1.29, 1.82) is 0 Å². The smallest absolute Gasteiger partial charge is 0.00576 e. The molecular weight excluding hydrogens is 276 g/mol. The first-order chi connectivity index (χ1) is 11.0. The first kappa shape index (κ1) is 16.1. The molecule has 1 aliphatic rings. The number of hydrogen-bond donors (Lipinski definition) is 0. The summed E-state index contributed by atoms with van der Waals surface area (Å²) in [7, 11) is 0. The Balaban J connectivity index is 2.10. The highest BCUT2D eigenvalue weighted by Gasteiger charge is 2.21. The van der Waals surface area contributed by atoms with Crippen molar-refractivity contribution in [1.82, 2.24) is 0 Å². The van der Waals surface area contributed by atoms with Crippen molar-refractivity contribution in [2.24, 2.45) is 0 Å². The van der Waals surface area contributed by atoms with E-state index in [1.165, 1.54) is 69.3 Å². The highest BCUT2D eigenvalue weighted by molar-refractivity contribution is 5.85. The van der Waals surface area contributed by atoms with Crippen LogP contribution in [0.3, 0.4) is 0 Å². The van der Waals surface area contributed by atoms with E-state index in [9.17, 15) is 0 Å². The number of fused-ring (bicyclic) bond motifs is 1. The van der Waals surface area contributed by atoms with Gasteiger partial charge in [0.2, 0.25) is 0 Å². The molecule has 0 saturated carbocycles. The lowest BCUT2D eigenvalue weighted by Crippen LogP contribution is -2.00. The van der Waals surface area contributed by atoms with Crippen molar-refractivity contribution in [3.8, 4) is 11.1 Å². The minimum Gasteiger partial charge on any atom is -0.0683 e. The molecular formula is C23H28. The van der Waals surface area contributed by atoms with Gasteiger partial charge in [0, 0.05) is 0 Å². The third-order valence-corrected chi connectivity index (χ3v) is 5.46. The molecule has 2 aromatic carbocycles. The Kier molecular flexibility index (Phi) is 4.43. The fourth-order valence-electron chi connectivity index (χ4n) is 3.80. The van der Waals surface area contributed by atoms with Crippen molar-refractivity contribution in [3.05, 3.63) is 63.2 Å². The van der Waals surface area contributed by atoms with E-state index in [2.05, 4.69) is 65.0 Å². The topological polar surface area (TPSA) is 0 Å². The second kappa shape index (κ2) is 6.35. The molecule has 0 N–H and O–H groups in total. The van der Waals surface area contributed by atoms with Crippen LogP contribution in [0.2, 0.25) is 0 Å². The van der Waals surface area contributed by atoms with Crippen LogP contribution in [0.4, 0.5) is 0 Å². The van der Waals surface area contributed by atoms with E-state index in [-0.39, 0.29) is 0 Å². The average Bonchev–Trinajstić information content (AvgIpc) is 2.93. The van der Waals surface area contributed by atoms with Crippen molar-refractivity contribution in [2.75, 3.05) is 0 Å². The molecule has 0 nitrogen and oxygen atoms in total. The van der Waals surface area contributed by atoms with Crippen LogP contribution in [0, 0.1) is 20.8 Å². The lowest BCUT2D eigenvalue weighted by molar-refractivity contribution is 0.795. The molecule has 0 heteroatoms. The van der Waals surface area contributed by atoms with Gasteiger partial charge < -0.3 is 0 Å². The lowest BCUT2D eigenvalue weighted by atomic mass is 9.86. The molecule has 0 unspecified atom stereocenters. The van der Waals surface area contributed by atoms with E-state index in [1.807, 2.05) is 0 Å². The second-order valence-corrected chi connectivity index (χ2v) is 7.11. The van der Waals surface area contributed by atoms with Crippen LogP contribution < -0.4 is 0 Å². The predicted octanol–water partition coefficient (Wildman–Crippen LogP) is 6.58. The zero-order chi connectivity index (χ0) is 16.6. The molecule has 120 valence electrons. The third-order valence-electron chi connectivity index (χ3n) is 5.46. The summed E-state index contributed by atoms with van der Waals surface area (Å²) in [4.78, 5) is 0.